The number of aromatic amines is 1. The molecule has 1 aromatic carbocycles. The monoisotopic (exact) mass is 358 g/mol. The molecule has 3 aromatic rings. The molecule has 0 aliphatic heterocycles. The van der Waals surface area contributed by atoms with Crippen LogP contribution in [-0.4, -0.2) is 44.9 Å². The molecule has 9 heteroatoms. The van der Waals surface area contributed by atoms with E-state index in [1.54, 1.807) is 7.11 Å². The number of nitrogens with one attached hydrogen (secondary N) is 2. The van der Waals surface area contributed by atoms with Crippen LogP contribution in [0.25, 0.3) is 11.2 Å². The number of unbranched alkanes of at least 4 members (excludes halogenated alkanes) is 1. The summed E-state index contributed by atoms with van der Waals surface area (Å²) in [6.07, 6.45) is 1.47. The van der Waals surface area contributed by atoms with Crippen molar-refractivity contribution < 1.29 is 9.84 Å². The number of hydrogen-bond donors (Lipinski definition) is 4. The van der Waals surface area contributed by atoms with E-state index in [9.17, 15) is 4.79 Å². The molecule has 26 heavy (non-hydrogen) atoms. The summed E-state index contributed by atoms with van der Waals surface area (Å²) in [5.41, 5.74) is 7.43. The fraction of sp³-hybridized carbons (Fsp3) is 0.353. The average molecular weight is 358 g/mol. The minimum absolute atomic E-state index is 0.140. The maximum absolute atomic E-state index is 12.4. The van der Waals surface area contributed by atoms with Crippen LogP contribution in [0, 0.1) is 0 Å². The number of H-pyrrole nitrogens is 1. The van der Waals surface area contributed by atoms with Gasteiger partial charge in [0, 0.05) is 13.2 Å². The van der Waals surface area contributed by atoms with Gasteiger partial charge in [-0.25, -0.2) is 4.79 Å². The summed E-state index contributed by atoms with van der Waals surface area (Å²) in [6, 6.07) is 7.48. The summed E-state index contributed by atoms with van der Waals surface area (Å²) in [6.45, 7) is 1.08. The van der Waals surface area contributed by atoms with Gasteiger partial charge in [-0.3, -0.25) is 4.57 Å². The number of nitrogen functional groups attached to an aromatic ring is 1. The van der Waals surface area contributed by atoms with Gasteiger partial charge in [0.1, 0.15) is 11.3 Å². The molecule has 0 aliphatic rings. The number of benzene rings is 1. The Balaban J connectivity index is 1.92. The first-order chi connectivity index (χ1) is 12.6. The van der Waals surface area contributed by atoms with Crippen LogP contribution in [0.15, 0.2) is 29.1 Å². The number of fused-ring (bicyclic) bond motifs is 1. The largest absolute Gasteiger partial charge is 0.497 e. The molecule has 2 heterocycles. The van der Waals surface area contributed by atoms with Crippen LogP contribution >= 0.6 is 0 Å². The van der Waals surface area contributed by atoms with E-state index in [4.69, 9.17) is 15.6 Å². The third-order valence-electron chi connectivity index (χ3n) is 3.99. The van der Waals surface area contributed by atoms with Crippen LogP contribution in [0.5, 0.6) is 5.75 Å². The molecule has 0 aliphatic carbocycles. The van der Waals surface area contributed by atoms with E-state index in [0.717, 1.165) is 17.7 Å². The second-order valence-electron chi connectivity index (χ2n) is 5.86. The summed E-state index contributed by atoms with van der Waals surface area (Å²) in [5, 5.41) is 11.9. The van der Waals surface area contributed by atoms with Gasteiger partial charge >= 0.3 is 5.69 Å². The van der Waals surface area contributed by atoms with Crippen molar-refractivity contribution in [3.63, 3.8) is 0 Å². The van der Waals surface area contributed by atoms with E-state index in [0.29, 0.717) is 36.6 Å². The van der Waals surface area contributed by atoms with Crippen LogP contribution in [0.1, 0.15) is 18.4 Å². The number of aromatic nitrogens is 4. The Labute approximate surface area is 149 Å². The number of anilines is 2. The van der Waals surface area contributed by atoms with Crippen molar-refractivity contribution in [2.45, 2.75) is 19.4 Å². The lowest BCUT2D eigenvalue weighted by atomic mass is 10.2. The van der Waals surface area contributed by atoms with Crippen molar-refractivity contribution >= 4 is 22.9 Å². The van der Waals surface area contributed by atoms with Crippen LogP contribution < -0.4 is 21.5 Å². The predicted molar refractivity (Wildman–Crippen MR) is 99.5 cm³/mol. The predicted octanol–water partition coefficient (Wildman–Crippen LogP) is 0.943. The molecule has 2 aromatic heterocycles. The minimum Gasteiger partial charge on any atom is -0.497 e. The van der Waals surface area contributed by atoms with Crippen LogP contribution in [0.2, 0.25) is 0 Å². The first kappa shape index (κ1) is 17.7. The quantitative estimate of drug-likeness (QED) is 0.441. The molecular formula is C17H22N6O3. The number of ether oxygens (including phenoxy) is 1. The third kappa shape index (κ3) is 3.77. The van der Waals surface area contributed by atoms with E-state index in [2.05, 4.69) is 20.3 Å². The lowest BCUT2D eigenvalue weighted by Crippen LogP contribution is -2.18. The van der Waals surface area contributed by atoms with Gasteiger partial charge in [-0.2, -0.15) is 9.97 Å². The number of nitrogens with two attached hydrogens (primary N) is 1. The number of aliphatic hydroxyl groups is 1. The maximum Gasteiger partial charge on any atom is 0.328 e. The van der Waals surface area contributed by atoms with Gasteiger partial charge in [-0.1, -0.05) is 12.1 Å². The fourth-order valence-electron chi connectivity index (χ4n) is 2.67. The zero-order chi connectivity index (χ0) is 18.5. The van der Waals surface area contributed by atoms with Crippen LogP contribution in [0.3, 0.4) is 0 Å². The standard InChI is InChI=1S/C17H22N6O3/c1-26-12-6-4-5-11(9-12)10-23-15-13(20-17(23)25)14(18)21-16(22-15)19-7-2-3-8-24/h4-6,9,24H,2-3,7-8,10H2,1H3,(H,20,25)(H3,18,19,21,22). The van der Waals surface area contributed by atoms with Gasteiger partial charge in [-0.15, -0.1) is 0 Å². The molecule has 0 fully saturated rings. The van der Waals surface area contributed by atoms with Crippen molar-refractivity contribution in [3.8, 4) is 5.75 Å². The first-order valence-electron chi connectivity index (χ1n) is 8.36. The van der Waals surface area contributed by atoms with E-state index in [-0.39, 0.29) is 18.1 Å². The average Bonchev–Trinajstić information content (AvgIpc) is 2.95. The highest BCUT2D eigenvalue weighted by Gasteiger charge is 2.14. The molecule has 3 rings (SSSR count). The van der Waals surface area contributed by atoms with Gasteiger partial charge in [0.05, 0.1) is 13.7 Å². The topological polar surface area (TPSA) is 131 Å². The summed E-state index contributed by atoms with van der Waals surface area (Å²) in [7, 11) is 1.60. The van der Waals surface area contributed by atoms with Crippen LogP contribution in [0.4, 0.5) is 11.8 Å². The highest BCUT2D eigenvalue weighted by atomic mass is 16.5. The Bertz CT molecular complexity index is 949. The van der Waals surface area contributed by atoms with Crippen molar-refractivity contribution in [1.82, 2.24) is 19.5 Å². The highest BCUT2D eigenvalue weighted by Crippen LogP contribution is 2.19. The summed E-state index contributed by atoms with van der Waals surface area (Å²) < 4.78 is 6.74. The summed E-state index contributed by atoms with van der Waals surface area (Å²) >= 11 is 0. The molecule has 0 radical (unpaired) electrons. The van der Waals surface area contributed by atoms with Gasteiger partial charge in [-0.05, 0) is 30.5 Å². The highest BCUT2D eigenvalue weighted by molar-refractivity contribution is 5.82. The number of rotatable bonds is 8. The van der Waals surface area contributed by atoms with Crippen molar-refractivity contribution in [2.24, 2.45) is 0 Å². The minimum atomic E-state index is -0.304. The SMILES string of the molecule is COc1cccc(Cn2c(=O)[nH]c3c(N)nc(NCCCCO)nc32)c1. The Morgan fingerprint density at radius 3 is 2.96 bits per heavy atom. The second-order valence-corrected chi connectivity index (χ2v) is 5.86. The van der Waals surface area contributed by atoms with Gasteiger partial charge in [0.2, 0.25) is 5.95 Å². The first-order valence-corrected chi connectivity index (χ1v) is 8.36. The lowest BCUT2D eigenvalue weighted by molar-refractivity contribution is 0.286. The Morgan fingerprint density at radius 2 is 2.19 bits per heavy atom. The van der Waals surface area contributed by atoms with Gasteiger partial charge in [0.25, 0.3) is 0 Å². The van der Waals surface area contributed by atoms with Crippen molar-refractivity contribution in [3.05, 3.63) is 40.3 Å². The zero-order valence-electron chi connectivity index (χ0n) is 14.5. The molecule has 0 amide bonds. The Morgan fingerprint density at radius 1 is 1.35 bits per heavy atom. The number of nitrogens with zero attached hydrogens (tertiary/aromatic N) is 3. The lowest BCUT2D eigenvalue weighted by Gasteiger charge is -2.08. The maximum atomic E-state index is 12.4. The molecule has 0 unspecified atom stereocenters. The molecule has 0 atom stereocenters. The molecule has 5 N–H and O–H groups in total. The second kappa shape index (κ2) is 7.87. The van der Waals surface area contributed by atoms with E-state index >= 15 is 0 Å². The smallest absolute Gasteiger partial charge is 0.328 e. The molecular weight excluding hydrogens is 336 g/mol. The number of imidazole rings is 1. The number of hydrogen-bond acceptors (Lipinski definition) is 7. The zero-order valence-corrected chi connectivity index (χ0v) is 14.5. The Hall–Kier alpha value is -3.07. The molecule has 9 nitrogen and oxygen atoms in total. The van der Waals surface area contributed by atoms with Crippen molar-refractivity contribution in [1.29, 1.82) is 0 Å². The molecule has 0 bridgehead atoms. The summed E-state index contributed by atoms with van der Waals surface area (Å²) in [4.78, 5) is 23.7. The van der Waals surface area contributed by atoms with Gasteiger partial charge < -0.3 is 25.9 Å². The fourth-order valence-corrected chi connectivity index (χ4v) is 2.67. The van der Waals surface area contributed by atoms with Gasteiger partial charge in [0.15, 0.2) is 11.5 Å². The van der Waals surface area contributed by atoms with E-state index in [1.165, 1.54) is 4.57 Å². The molecule has 0 saturated heterocycles. The number of aliphatic hydroxyl groups excluding tert-OH is 1. The third-order valence-corrected chi connectivity index (χ3v) is 3.99. The van der Waals surface area contributed by atoms with E-state index in [1.807, 2.05) is 24.3 Å². The summed E-state index contributed by atoms with van der Waals surface area (Å²) in [5.74, 6) is 1.28. The molecule has 138 valence electrons. The number of methoxy groups -OCH3 is 1. The molecule has 0 saturated carbocycles. The normalized spacial score (nSPS) is 11.0. The Kier molecular flexibility index (Phi) is 5.37. The van der Waals surface area contributed by atoms with Crippen molar-refractivity contribution in [2.75, 3.05) is 31.3 Å². The molecule has 0 spiro atoms. The van der Waals surface area contributed by atoms with Crippen LogP contribution in [-0.2, 0) is 6.54 Å². The van der Waals surface area contributed by atoms with E-state index < -0.39 is 0 Å².